The van der Waals surface area contributed by atoms with Gasteiger partial charge in [-0.25, -0.2) is 4.79 Å². The second-order valence-corrected chi connectivity index (χ2v) is 8.89. The number of rotatable bonds is 4. The molecule has 0 saturated heterocycles. The van der Waals surface area contributed by atoms with E-state index in [2.05, 4.69) is 24.1 Å². The molecular formula is C17H20Cl2N2O3S2. The van der Waals surface area contributed by atoms with Gasteiger partial charge in [-0.1, -0.05) is 11.6 Å². The van der Waals surface area contributed by atoms with Crippen molar-refractivity contribution < 1.29 is 14.3 Å². The molecule has 9 heteroatoms. The normalized spacial score (nSPS) is 13.9. The van der Waals surface area contributed by atoms with Crippen molar-refractivity contribution in [3.05, 3.63) is 37.4 Å². The van der Waals surface area contributed by atoms with Crippen molar-refractivity contribution in [2.45, 2.75) is 32.9 Å². The van der Waals surface area contributed by atoms with Crippen LogP contribution in [0.25, 0.3) is 0 Å². The lowest BCUT2D eigenvalue weighted by Gasteiger charge is -2.30. The number of halogens is 2. The molecule has 0 fully saturated rings. The van der Waals surface area contributed by atoms with E-state index in [1.54, 1.807) is 12.1 Å². The lowest BCUT2D eigenvalue weighted by Crippen LogP contribution is -2.35. The maximum atomic E-state index is 12.5. The van der Waals surface area contributed by atoms with Gasteiger partial charge < -0.3 is 10.1 Å². The van der Waals surface area contributed by atoms with Crippen LogP contribution in [0.5, 0.6) is 0 Å². The van der Waals surface area contributed by atoms with E-state index in [1.165, 1.54) is 29.8 Å². The van der Waals surface area contributed by atoms with Gasteiger partial charge in [0, 0.05) is 24.0 Å². The summed E-state index contributed by atoms with van der Waals surface area (Å²) in [5, 5.41) is 3.42. The molecule has 0 unspecified atom stereocenters. The first-order chi connectivity index (χ1) is 11.9. The minimum atomic E-state index is -0.407. The highest BCUT2D eigenvalue weighted by molar-refractivity contribution is 7.18. The maximum absolute atomic E-state index is 12.5. The minimum absolute atomic E-state index is 0. The molecule has 0 aromatic carbocycles. The van der Waals surface area contributed by atoms with Gasteiger partial charge in [-0.05, 0) is 38.0 Å². The molecule has 3 rings (SSSR count). The molecule has 2 aromatic rings. The number of thiophene rings is 2. The Hall–Kier alpha value is -1.12. The number of nitrogens with one attached hydrogen (secondary N) is 1. The van der Waals surface area contributed by atoms with Gasteiger partial charge in [-0.3, -0.25) is 9.69 Å². The molecule has 1 aliphatic rings. The van der Waals surface area contributed by atoms with E-state index < -0.39 is 5.97 Å². The minimum Gasteiger partial charge on any atom is -0.465 e. The molecule has 0 saturated carbocycles. The molecule has 5 nitrogen and oxygen atoms in total. The van der Waals surface area contributed by atoms with Crippen molar-refractivity contribution in [1.29, 1.82) is 0 Å². The zero-order valence-electron chi connectivity index (χ0n) is 14.6. The van der Waals surface area contributed by atoms with E-state index in [4.69, 9.17) is 16.3 Å². The highest BCUT2D eigenvalue weighted by atomic mass is 35.5. The number of carbonyl (C=O) groups excluding carboxylic acids is 2. The van der Waals surface area contributed by atoms with Crippen LogP contribution in [-0.4, -0.2) is 36.5 Å². The van der Waals surface area contributed by atoms with Gasteiger partial charge in [-0.2, -0.15) is 0 Å². The topological polar surface area (TPSA) is 58.6 Å². The number of ether oxygens (including phenoxy) is 1. The number of methoxy groups -OCH3 is 1. The van der Waals surface area contributed by atoms with Gasteiger partial charge in [0.1, 0.15) is 5.00 Å². The van der Waals surface area contributed by atoms with Crippen LogP contribution in [0.4, 0.5) is 5.00 Å². The summed E-state index contributed by atoms with van der Waals surface area (Å²) < 4.78 is 5.50. The zero-order valence-corrected chi connectivity index (χ0v) is 17.8. The summed E-state index contributed by atoms with van der Waals surface area (Å²) in [6.07, 6.45) is 0.773. The first-order valence-electron chi connectivity index (χ1n) is 7.94. The highest BCUT2D eigenvalue weighted by Gasteiger charge is 2.30. The third-order valence-corrected chi connectivity index (χ3v) is 6.59. The number of anilines is 1. The number of fused-ring (bicyclic) bond motifs is 1. The second kappa shape index (κ2) is 8.71. The largest absolute Gasteiger partial charge is 0.465 e. The number of carbonyl (C=O) groups is 2. The monoisotopic (exact) mass is 434 g/mol. The predicted octanol–water partition coefficient (Wildman–Crippen LogP) is 4.69. The van der Waals surface area contributed by atoms with Crippen LogP contribution in [0.1, 0.15) is 44.3 Å². The Kier molecular flexibility index (Phi) is 7.10. The molecule has 3 heterocycles. The fourth-order valence-electron chi connectivity index (χ4n) is 2.87. The Morgan fingerprint density at radius 1 is 1.31 bits per heavy atom. The first-order valence-corrected chi connectivity index (χ1v) is 9.95. The fraction of sp³-hybridized carbons (Fsp3) is 0.412. The number of nitrogens with zero attached hydrogens (tertiary/aromatic N) is 1. The van der Waals surface area contributed by atoms with E-state index in [0.29, 0.717) is 25.8 Å². The van der Waals surface area contributed by atoms with Crippen molar-refractivity contribution in [2.75, 3.05) is 19.0 Å². The van der Waals surface area contributed by atoms with Crippen LogP contribution in [0.3, 0.4) is 0 Å². The molecule has 0 spiro atoms. The SMILES string of the molecule is COC(=O)c1c(NC(=O)c2ccc(Cl)s2)sc2c1CCN(C(C)C)C2.Cl. The van der Waals surface area contributed by atoms with E-state index >= 15 is 0 Å². The summed E-state index contributed by atoms with van der Waals surface area (Å²) in [4.78, 5) is 28.7. The predicted molar refractivity (Wildman–Crippen MR) is 109 cm³/mol. The van der Waals surface area contributed by atoms with Crippen LogP contribution >= 0.6 is 46.7 Å². The fourth-order valence-corrected chi connectivity index (χ4v) is 5.07. The van der Waals surface area contributed by atoms with Crippen LogP contribution < -0.4 is 5.32 Å². The standard InChI is InChI=1S/C17H19ClN2O3S2.ClH/c1-9(2)20-7-6-10-12(8-20)25-16(14(10)17(22)23-3)19-15(21)11-4-5-13(18)24-11;/h4-5,9H,6-8H2,1-3H3,(H,19,21);1H. The zero-order chi connectivity index (χ0) is 18.1. The summed E-state index contributed by atoms with van der Waals surface area (Å²) >= 11 is 8.56. The summed E-state index contributed by atoms with van der Waals surface area (Å²) in [6, 6.07) is 3.79. The number of hydrogen-bond acceptors (Lipinski definition) is 6. The van der Waals surface area contributed by atoms with Crippen molar-refractivity contribution in [3.8, 4) is 0 Å². The van der Waals surface area contributed by atoms with Crippen LogP contribution in [0, 0.1) is 0 Å². The van der Waals surface area contributed by atoms with Crippen LogP contribution in [0.15, 0.2) is 12.1 Å². The van der Waals surface area contributed by atoms with Crippen LogP contribution in [0.2, 0.25) is 4.34 Å². The molecule has 1 amide bonds. The van der Waals surface area contributed by atoms with E-state index in [9.17, 15) is 9.59 Å². The van der Waals surface area contributed by atoms with Gasteiger partial charge in [0.15, 0.2) is 0 Å². The smallest absolute Gasteiger partial charge is 0.341 e. The molecule has 142 valence electrons. The van der Waals surface area contributed by atoms with E-state index in [-0.39, 0.29) is 18.3 Å². The summed E-state index contributed by atoms with van der Waals surface area (Å²) in [5.41, 5.74) is 1.48. The number of amides is 1. The van der Waals surface area contributed by atoms with Gasteiger partial charge in [0.2, 0.25) is 0 Å². The summed E-state index contributed by atoms with van der Waals surface area (Å²) in [6.45, 7) is 5.98. The quantitative estimate of drug-likeness (QED) is 0.708. The van der Waals surface area contributed by atoms with Gasteiger partial charge >= 0.3 is 5.97 Å². The second-order valence-electron chi connectivity index (χ2n) is 6.07. The Balaban J connectivity index is 0.00000243. The summed E-state index contributed by atoms with van der Waals surface area (Å²) in [7, 11) is 1.36. The van der Waals surface area contributed by atoms with Gasteiger partial charge in [0.25, 0.3) is 5.91 Å². The Labute approximate surface area is 171 Å². The Bertz CT molecular complexity index is 817. The molecule has 0 bridgehead atoms. The Morgan fingerprint density at radius 2 is 2.04 bits per heavy atom. The molecular weight excluding hydrogens is 415 g/mol. The molecule has 0 aliphatic carbocycles. The molecule has 0 atom stereocenters. The third-order valence-electron chi connectivity index (χ3n) is 4.23. The molecule has 26 heavy (non-hydrogen) atoms. The number of hydrogen-bond donors (Lipinski definition) is 1. The maximum Gasteiger partial charge on any atom is 0.341 e. The van der Waals surface area contributed by atoms with Gasteiger partial charge in [0.05, 0.1) is 21.9 Å². The average molecular weight is 435 g/mol. The van der Waals surface area contributed by atoms with E-state index in [1.807, 2.05) is 0 Å². The average Bonchev–Trinajstić information content (AvgIpc) is 3.16. The Morgan fingerprint density at radius 3 is 2.62 bits per heavy atom. The lowest BCUT2D eigenvalue weighted by atomic mass is 10.0. The summed E-state index contributed by atoms with van der Waals surface area (Å²) in [5.74, 6) is -0.670. The lowest BCUT2D eigenvalue weighted by molar-refractivity contribution is 0.0600. The van der Waals surface area contributed by atoms with Crippen LogP contribution in [-0.2, 0) is 17.7 Å². The first kappa shape index (κ1) is 21.2. The number of esters is 1. The third kappa shape index (κ3) is 4.23. The van der Waals surface area contributed by atoms with Crippen molar-refractivity contribution in [1.82, 2.24) is 4.90 Å². The highest BCUT2D eigenvalue weighted by Crippen LogP contribution is 2.38. The molecule has 0 radical (unpaired) electrons. The molecule has 2 aromatic heterocycles. The van der Waals surface area contributed by atoms with Gasteiger partial charge in [-0.15, -0.1) is 35.1 Å². The molecule has 1 aliphatic heterocycles. The molecule has 1 N–H and O–H groups in total. The van der Waals surface area contributed by atoms with Crippen molar-refractivity contribution >= 4 is 63.6 Å². The van der Waals surface area contributed by atoms with E-state index in [0.717, 1.165) is 30.0 Å². The van der Waals surface area contributed by atoms with Crippen molar-refractivity contribution in [2.24, 2.45) is 0 Å². The van der Waals surface area contributed by atoms with Crippen molar-refractivity contribution in [3.63, 3.8) is 0 Å².